The van der Waals surface area contributed by atoms with Gasteiger partial charge in [-0.1, -0.05) is 19.3 Å². The van der Waals surface area contributed by atoms with Gasteiger partial charge in [-0.05, 0) is 67.3 Å². The van der Waals surface area contributed by atoms with Gasteiger partial charge in [0.1, 0.15) is 11.5 Å². The third kappa shape index (κ3) is 7.64. The highest BCUT2D eigenvalue weighted by Crippen LogP contribution is 2.36. The predicted molar refractivity (Wildman–Crippen MR) is 159 cm³/mol. The monoisotopic (exact) mass is 576 g/mol. The predicted octanol–water partition coefficient (Wildman–Crippen LogP) is 5.48. The summed E-state index contributed by atoms with van der Waals surface area (Å²) < 4.78 is 24.0. The number of methoxy groups -OCH3 is 4. The third-order valence-electron chi connectivity index (χ3n) is 7.42. The van der Waals surface area contributed by atoms with Crippen LogP contribution in [0.15, 0.2) is 60.9 Å². The molecule has 1 aliphatic rings. The Hall–Kier alpha value is -3.99. The lowest BCUT2D eigenvalue weighted by molar-refractivity contribution is 0.0815. The summed E-state index contributed by atoms with van der Waals surface area (Å²) in [6, 6.07) is 15.2. The molecule has 1 saturated carbocycles. The zero-order valence-corrected chi connectivity index (χ0v) is 24.7. The first-order chi connectivity index (χ1) is 20.5. The number of aldehydes is 1. The minimum atomic E-state index is -0.470. The van der Waals surface area contributed by atoms with E-state index in [0.29, 0.717) is 30.4 Å². The molecule has 224 valence electrons. The van der Waals surface area contributed by atoms with Crippen LogP contribution in [0.2, 0.25) is 0 Å². The molecule has 1 aliphatic carbocycles. The lowest BCUT2D eigenvalue weighted by Gasteiger charge is -2.26. The smallest absolute Gasteiger partial charge is 0.153 e. The summed E-state index contributed by atoms with van der Waals surface area (Å²) in [4.78, 5) is 10.9. The minimum absolute atomic E-state index is 0.317. The molecule has 42 heavy (non-hydrogen) atoms. The van der Waals surface area contributed by atoms with Gasteiger partial charge in [0, 0.05) is 32.2 Å². The maximum atomic E-state index is 10.9. The Labute approximate surface area is 246 Å². The molecule has 0 bridgehead atoms. The van der Waals surface area contributed by atoms with E-state index in [4.69, 9.17) is 18.9 Å². The number of benzene rings is 2. The van der Waals surface area contributed by atoms with Gasteiger partial charge in [-0.25, -0.2) is 9.36 Å². The molecular formula is C32H40N4O6. The first kappa shape index (κ1) is 31.0. The van der Waals surface area contributed by atoms with Gasteiger partial charge in [0.2, 0.25) is 0 Å². The van der Waals surface area contributed by atoms with Crippen LogP contribution in [0.3, 0.4) is 0 Å². The van der Waals surface area contributed by atoms with Crippen LogP contribution < -0.4 is 9.47 Å². The Bertz CT molecular complexity index is 1390. The molecule has 0 amide bonds. The van der Waals surface area contributed by atoms with Crippen molar-refractivity contribution in [3.8, 4) is 22.9 Å². The van der Waals surface area contributed by atoms with Gasteiger partial charge in [-0.2, -0.15) is 10.2 Å². The highest BCUT2D eigenvalue weighted by Gasteiger charge is 2.27. The van der Waals surface area contributed by atoms with Gasteiger partial charge < -0.3 is 24.1 Å². The first-order valence-corrected chi connectivity index (χ1v) is 14.1. The fourth-order valence-electron chi connectivity index (χ4n) is 5.13. The van der Waals surface area contributed by atoms with E-state index < -0.39 is 6.10 Å². The molecule has 2 aromatic carbocycles. The molecule has 1 atom stereocenters. The van der Waals surface area contributed by atoms with Crippen LogP contribution in [0.1, 0.15) is 65.5 Å². The SMILES string of the molecule is COCc1nn(-c2ccc(OC)cc2)cc1C(O)C1CCCCC1.COCc1nn(-c2ccc(OC)cc2)cc1C=O. The topological polar surface area (TPSA) is 110 Å². The summed E-state index contributed by atoms with van der Waals surface area (Å²) in [5.41, 5.74) is 4.67. The van der Waals surface area contributed by atoms with E-state index in [1.54, 1.807) is 39.3 Å². The molecular weight excluding hydrogens is 536 g/mol. The molecule has 1 N–H and O–H groups in total. The van der Waals surface area contributed by atoms with Crippen molar-refractivity contribution in [2.45, 2.75) is 51.4 Å². The number of aliphatic hydroxyl groups is 1. The van der Waals surface area contributed by atoms with E-state index in [2.05, 4.69) is 10.2 Å². The van der Waals surface area contributed by atoms with Crippen molar-refractivity contribution in [1.29, 1.82) is 0 Å². The fourth-order valence-corrected chi connectivity index (χ4v) is 5.13. The molecule has 1 unspecified atom stereocenters. The van der Waals surface area contributed by atoms with Crippen molar-refractivity contribution in [3.63, 3.8) is 0 Å². The zero-order chi connectivity index (χ0) is 29.9. The molecule has 10 heteroatoms. The minimum Gasteiger partial charge on any atom is -0.497 e. The summed E-state index contributed by atoms with van der Waals surface area (Å²) in [6.45, 7) is 0.722. The van der Waals surface area contributed by atoms with Crippen LogP contribution in [0.4, 0.5) is 0 Å². The highest BCUT2D eigenvalue weighted by molar-refractivity contribution is 5.76. The summed E-state index contributed by atoms with van der Waals surface area (Å²) in [5, 5.41) is 19.8. The van der Waals surface area contributed by atoms with Gasteiger partial charge in [0.25, 0.3) is 0 Å². The third-order valence-corrected chi connectivity index (χ3v) is 7.42. The van der Waals surface area contributed by atoms with E-state index in [0.717, 1.165) is 53.3 Å². The second kappa shape index (κ2) is 15.3. The molecule has 0 aliphatic heterocycles. The standard InChI is InChI=1S/C19H26N2O3.C13H14N2O3/c1-23-13-18-17(19(22)14-6-4-3-5-7-14)12-21(20-18)15-8-10-16(24-2)11-9-15;1-17-9-13-10(8-16)7-15(14-13)11-3-5-12(18-2)6-4-11/h8-12,14,19,22H,3-7,13H2,1-2H3;3-8H,9H2,1-2H3. The van der Waals surface area contributed by atoms with Crippen LogP contribution in [0.25, 0.3) is 11.4 Å². The Balaban J connectivity index is 0.000000201. The van der Waals surface area contributed by atoms with Crippen LogP contribution >= 0.6 is 0 Å². The number of nitrogens with zero attached hydrogens (tertiary/aromatic N) is 4. The molecule has 0 radical (unpaired) electrons. The maximum absolute atomic E-state index is 10.9. The maximum Gasteiger partial charge on any atom is 0.153 e. The van der Waals surface area contributed by atoms with Crippen molar-refractivity contribution < 1.29 is 28.8 Å². The number of aliphatic hydroxyl groups excluding tert-OH is 1. The van der Waals surface area contributed by atoms with Gasteiger partial charge in [0.15, 0.2) is 6.29 Å². The number of aromatic nitrogens is 4. The average Bonchev–Trinajstić information content (AvgIpc) is 3.66. The van der Waals surface area contributed by atoms with Crippen molar-refractivity contribution in [3.05, 3.63) is 83.4 Å². The number of hydrogen-bond donors (Lipinski definition) is 1. The molecule has 5 rings (SSSR count). The Morgan fingerprint density at radius 3 is 1.79 bits per heavy atom. The fraction of sp³-hybridized carbons (Fsp3) is 0.406. The van der Waals surface area contributed by atoms with Gasteiger partial charge in [0.05, 0.1) is 61.9 Å². The van der Waals surface area contributed by atoms with Crippen molar-refractivity contribution in [1.82, 2.24) is 19.6 Å². The molecule has 4 aromatic rings. The normalized spacial score (nSPS) is 14.1. The molecule has 1 fully saturated rings. The summed E-state index contributed by atoms with van der Waals surface area (Å²) in [6.07, 6.45) is 9.78. The van der Waals surface area contributed by atoms with Gasteiger partial charge in [-0.3, -0.25) is 4.79 Å². The van der Waals surface area contributed by atoms with Crippen LogP contribution in [-0.2, 0) is 22.7 Å². The van der Waals surface area contributed by atoms with Crippen LogP contribution in [0.5, 0.6) is 11.5 Å². The van der Waals surface area contributed by atoms with Gasteiger partial charge >= 0.3 is 0 Å². The second-order valence-electron chi connectivity index (χ2n) is 10.2. The Morgan fingerprint density at radius 1 is 0.786 bits per heavy atom. The summed E-state index contributed by atoms with van der Waals surface area (Å²) >= 11 is 0. The molecule has 0 spiro atoms. The van der Waals surface area contributed by atoms with E-state index >= 15 is 0 Å². The second-order valence-corrected chi connectivity index (χ2v) is 10.2. The molecule has 10 nitrogen and oxygen atoms in total. The zero-order valence-electron chi connectivity index (χ0n) is 24.7. The van der Waals surface area contributed by atoms with E-state index in [-0.39, 0.29) is 0 Å². The van der Waals surface area contributed by atoms with E-state index in [1.165, 1.54) is 19.3 Å². The van der Waals surface area contributed by atoms with Crippen molar-refractivity contribution in [2.75, 3.05) is 28.4 Å². The number of carbonyl (C=O) groups is 1. The van der Waals surface area contributed by atoms with E-state index in [1.807, 2.05) is 59.4 Å². The number of ether oxygens (including phenoxy) is 4. The quantitative estimate of drug-likeness (QED) is 0.234. The lowest BCUT2D eigenvalue weighted by Crippen LogP contribution is -2.16. The molecule has 0 saturated heterocycles. The number of carbonyl (C=O) groups excluding carboxylic acids is 1. The van der Waals surface area contributed by atoms with Crippen LogP contribution in [0, 0.1) is 5.92 Å². The highest BCUT2D eigenvalue weighted by atomic mass is 16.5. The number of hydrogen-bond acceptors (Lipinski definition) is 8. The Kier molecular flexibility index (Phi) is 11.3. The summed E-state index contributed by atoms with van der Waals surface area (Å²) in [7, 11) is 6.49. The number of rotatable bonds is 11. The van der Waals surface area contributed by atoms with Crippen molar-refractivity contribution >= 4 is 6.29 Å². The lowest BCUT2D eigenvalue weighted by atomic mass is 9.83. The van der Waals surface area contributed by atoms with Crippen molar-refractivity contribution in [2.24, 2.45) is 5.92 Å². The molecule has 2 heterocycles. The Morgan fingerprint density at radius 2 is 1.29 bits per heavy atom. The van der Waals surface area contributed by atoms with Gasteiger partial charge in [-0.15, -0.1) is 0 Å². The largest absolute Gasteiger partial charge is 0.497 e. The van der Waals surface area contributed by atoms with Crippen LogP contribution in [-0.4, -0.2) is 59.4 Å². The molecule has 2 aromatic heterocycles. The summed E-state index contributed by atoms with van der Waals surface area (Å²) in [5.74, 6) is 1.91. The van der Waals surface area contributed by atoms with E-state index in [9.17, 15) is 9.90 Å². The average molecular weight is 577 g/mol. The first-order valence-electron chi connectivity index (χ1n) is 14.1.